The molecule has 0 saturated carbocycles. The zero-order chi connectivity index (χ0) is 13.5. The van der Waals surface area contributed by atoms with Crippen LogP contribution in [0, 0.1) is 0 Å². The van der Waals surface area contributed by atoms with E-state index in [4.69, 9.17) is 5.21 Å². The molecular weight excluding hydrogens is 230 g/mol. The SMILES string of the molecule is CCCCCCc1cc(/C(C)=N\O)c(O)cc1O. The number of unbranched alkanes of at least 4 members (excludes halogenated alkanes) is 3. The highest BCUT2D eigenvalue weighted by atomic mass is 16.4. The van der Waals surface area contributed by atoms with Crippen LogP contribution in [0.3, 0.4) is 0 Å². The molecule has 0 aliphatic carbocycles. The number of rotatable bonds is 6. The largest absolute Gasteiger partial charge is 0.508 e. The lowest BCUT2D eigenvalue weighted by Crippen LogP contribution is -1.98. The highest BCUT2D eigenvalue weighted by Crippen LogP contribution is 2.29. The Morgan fingerprint density at radius 3 is 2.44 bits per heavy atom. The number of hydrogen-bond donors (Lipinski definition) is 3. The van der Waals surface area contributed by atoms with Crippen LogP contribution in [0.5, 0.6) is 11.5 Å². The Morgan fingerprint density at radius 2 is 1.83 bits per heavy atom. The maximum atomic E-state index is 9.76. The van der Waals surface area contributed by atoms with Gasteiger partial charge in [-0.15, -0.1) is 0 Å². The van der Waals surface area contributed by atoms with Gasteiger partial charge in [-0.25, -0.2) is 0 Å². The first-order valence-electron chi connectivity index (χ1n) is 6.34. The van der Waals surface area contributed by atoms with Gasteiger partial charge < -0.3 is 15.4 Å². The fourth-order valence-electron chi connectivity index (χ4n) is 1.91. The van der Waals surface area contributed by atoms with E-state index in [1.165, 1.54) is 18.9 Å². The van der Waals surface area contributed by atoms with Gasteiger partial charge in [0.1, 0.15) is 11.5 Å². The summed E-state index contributed by atoms with van der Waals surface area (Å²) >= 11 is 0. The normalized spacial score (nSPS) is 11.8. The van der Waals surface area contributed by atoms with Crippen LogP contribution in [-0.2, 0) is 6.42 Å². The van der Waals surface area contributed by atoms with E-state index in [0.29, 0.717) is 11.3 Å². The molecule has 0 saturated heterocycles. The summed E-state index contributed by atoms with van der Waals surface area (Å²) in [5.74, 6) is 0.0265. The molecule has 0 bridgehead atoms. The maximum Gasteiger partial charge on any atom is 0.128 e. The third-order valence-corrected chi connectivity index (χ3v) is 3.04. The average Bonchev–Trinajstić information content (AvgIpc) is 2.36. The van der Waals surface area contributed by atoms with Crippen molar-refractivity contribution < 1.29 is 15.4 Å². The lowest BCUT2D eigenvalue weighted by atomic mass is 10.0. The second kappa shape index (κ2) is 6.89. The van der Waals surface area contributed by atoms with Crippen molar-refractivity contribution in [3.8, 4) is 11.5 Å². The number of aromatic hydroxyl groups is 2. The Labute approximate surface area is 108 Å². The van der Waals surface area contributed by atoms with E-state index in [9.17, 15) is 10.2 Å². The lowest BCUT2D eigenvalue weighted by molar-refractivity contribution is 0.318. The summed E-state index contributed by atoms with van der Waals surface area (Å²) < 4.78 is 0. The molecule has 0 aromatic heterocycles. The lowest BCUT2D eigenvalue weighted by Gasteiger charge is -2.09. The molecule has 100 valence electrons. The second-order valence-electron chi connectivity index (χ2n) is 4.49. The molecule has 1 aromatic carbocycles. The molecule has 1 aromatic rings. The van der Waals surface area contributed by atoms with Gasteiger partial charge >= 0.3 is 0 Å². The van der Waals surface area contributed by atoms with Crippen LogP contribution >= 0.6 is 0 Å². The first-order valence-corrected chi connectivity index (χ1v) is 6.34. The predicted octanol–water partition coefficient (Wildman–Crippen LogP) is 3.42. The van der Waals surface area contributed by atoms with Crippen LogP contribution in [0.2, 0.25) is 0 Å². The smallest absolute Gasteiger partial charge is 0.128 e. The Kier molecular flexibility index (Phi) is 5.49. The van der Waals surface area contributed by atoms with Gasteiger partial charge in [0.05, 0.1) is 5.71 Å². The molecule has 0 heterocycles. The van der Waals surface area contributed by atoms with Crippen molar-refractivity contribution in [2.24, 2.45) is 5.16 Å². The summed E-state index contributed by atoms with van der Waals surface area (Å²) in [6.45, 7) is 3.75. The highest BCUT2D eigenvalue weighted by molar-refractivity contribution is 6.01. The van der Waals surface area contributed by atoms with Crippen LogP contribution in [0.25, 0.3) is 0 Å². The van der Waals surface area contributed by atoms with Crippen molar-refractivity contribution in [1.29, 1.82) is 0 Å². The number of nitrogens with zero attached hydrogens (tertiary/aromatic N) is 1. The maximum absolute atomic E-state index is 9.76. The van der Waals surface area contributed by atoms with E-state index in [2.05, 4.69) is 12.1 Å². The number of aryl methyl sites for hydroxylation is 1. The minimum absolute atomic E-state index is 0.0693. The first-order chi connectivity index (χ1) is 8.60. The van der Waals surface area contributed by atoms with Crippen molar-refractivity contribution in [3.63, 3.8) is 0 Å². The van der Waals surface area contributed by atoms with Gasteiger partial charge in [-0.3, -0.25) is 0 Å². The van der Waals surface area contributed by atoms with E-state index >= 15 is 0 Å². The number of benzene rings is 1. The standard InChI is InChI=1S/C14H21NO3/c1-3-4-5-6-7-11-8-12(10(2)15-18)14(17)9-13(11)16/h8-9,16-18H,3-7H2,1-2H3/b15-10-. The Balaban J connectivity index is 2.85. The molecule has 4 heteroatoms. The van der Waals surface area contributed by atoms with Crippen LogP contribution in [0.15, 0.2) is 17.3 Å². The fraction of sp³-hybridized carbons (Fsp3) is 0.500. The van der Waals surface area contributed by atoms with E-state index in [-0.39, 0.29) is 11.5 Å². The van der Waals surface area contributed by atoms with Crippen molar-refractivity contribution in [2.75, 3.05) is 0 Å². The molecule has 1 rings (SSSR count). The number of oxime groups is 1. The van der Waals surface area contributed by atoms with Crippen molar-refractivity contribution in [1.82, 2.24) is 0 Å². The van der Waals surface area contributed by atoms with Gasteiger partial charge in [-0.2, -0.15) is 0 Å². The summed E-state index contributed by atoms with van der Waals surface area (Å²) in [5.41, 5.74) is 1.57. The molecular formula is C14H21NO3. The van der Waals surface area contributed by atoms with E-state index < -0.39 is 0 Å². The molecule has 18 heavy (non-hydrogen) atoms. The Hall–Kier alpha value is -1.71. The summed E-state index contributed by atoms with van der Waals surface area (Å²) in [7, 11) is 0. The van der Waals surface area contributed by atoms with Gasteiger partial charge in [0.2, 0.25) is 0 Å². The minimum Gasteiger partial charge on any atom is -0.508 e. The molecule has 0 unspecified atom stereocenters. The molecule has 0 radical (unpaired) electrons. The highest BCUT2D eigenvalue weighted by Gasteiger charge is 2.11. The molecule has 0 amide bonds. The van der Waals surface area contributed by atoms with Crippen molar-refractivity contribution in [3.05, 3.63) is 23.3 Å². The molecule has 4 nitrogen and oxygen atoms in total. The van der Waals surface area contributed by atoms with Gasteiger partial charge in [-0.05, 0) is 31.4 Å². The van der Waals surface area contributed by atoms with Gasteiger partial charge in [0.25, 0.3) is 0 Å². The topological polar surface area (TPSA) is 73.1 Å². The number of hydrogen-bond acceptors (Lipinski definition) is 4. The number of phenolic OH excluding ortho intramolecular Hbond substituents is 2. The molecule has 0 fully saturated rings. The third kappa shape index (κ3) is 3.65. The molecule has 0 atom stereocenters. The number of phenols is 2. The predicted molar refractivity (Wildman–Crippen MR) is 71.6 cm³/mol. The van der Waals surface area contributed by atoms with Crippen molar-refractivity contribution in [2.45, 2.75) is 46.0 Å². The van der Waals surface area contributed by atoms with Gasteiger partial charge in [0.15, 0.2) is 0 Å². The Bertz CT molecular complexity index is 427. The van der Waals surface area contributed by atoms with E-state index in [1.54, 1.807) is 13.0 Å². The quantitative estimate of drug-likeness (QED) is 0.314. The Morgan fingerprint density at radius 1 is 1.11 bits per heavy atom. The van der Waals surface area contributed by atoms with Crippen molar-refractivity contribution >= 4 is 5.71 Å². The van der Waals surface area contributed by atoms with Gasteiger partial charge in [-0.1, -0.05) is 31.3 Å². The van der Waals surface area contributed by atoms with E-state index in [1.807, 2.05) is 0 Å². The van der Waals surface area contributed by atoms with Crippen LogP contribution < -0.4 is 0 Å². The zero-order valence-corrected chi connectivity index (χ0v) is 11.0. The van der Waals surface area contributed by atoms with Crippen LogP contribution in [0.4, 0.5) is 0 Å². The molecule has 0 aliphatic rings. The summed E-state index contributed by atoms with van der Waals surface area (Å²) in [6, 6.07) is 2.99. The summed E-state index contributed by atoms with van der Waals surface area (Å²) in [5, 5.41) is 31.2. The minimum atomic E-state index is -0.0693. The summed E-state index contributed by atoms with van der Waals surface area (Å²) in [6.07, 6.45) is 5.24. The fourth-order valence-corrected chi connectivity index (χ4v) is 1.91. The average molecular weight is 251 g/mol. The first kappa shape index (κ1) is 14.4. The third-order valence-electron chi connectivity index (χ3n) is 3.04. The van der Waals surface area contributed by atoms with Crippen LogP contribution in [-0.4, -0.2) is 21.1 Å². The molecule has 0 spiro atoms. The molecule has 0 aliphatic heterocycles. The second-order valence-corrected chi connectivity index (χ2v) is 4.49. The summed E-state index contributed by atoms with van der Waals surface area (Å²) in [4.78, 5) is 0. The molecule has 3 N–H and O–H groups in total. The monoisotopic (exact) mass is 251 g/mol. The van der Waals surface area contributed by atoms with E-state index in [0.717, 1.165) is 24.8 Å². The van der Waals surface area contributed by atoms with Gasteiger partial charge in [0, 0.05) is 11.6 Å². The van der Waals surface area contributed by atoms with Crippen LogP contribution in [0.1, 0.15) is 50.7 Å². The zero-order valence-electron chi connectivity index (χ0n) is 11.0.